The van der Waals surface area contributed by atoms with Gasteiger partial charge in [-0.3, -0.25) is 9.59 Å². The fourth-order valence-corrected chi connectivity index (χ4v) is 2.57. The van der Waals surface area contributed by atoms with Crippen molar-refractivity contribution >= 4 is 33.4 Å². The Hall–Kier alpha value is -2.34. The van der Waals surface area contributed by atoms with E-state index < -0.39 is 0 Å². The van der Waals surface area contributed by atoms with Gasteiger partial charge in [0.15, 0.2) is 6.61 Å². The van der Waals surface area contributed by atoms with Crippen LogP contribution >= 0.6 is 15.9 Å². The average Bonchev–Trinajstić information content (AvgIpc) is 3.44. The summed E-state index contributed by atoms with van der Waals surface area (Å²) in [5, 5.41) is 5.66. The second-order valence-corrected chi connectivity index (χ2v) is 6.91. The maximum atomic E-state index is 12.3. The third-order valence-electron chi connectivity index (χ3n) is 3.87. The highest BCUT2D eigenvalue weighted by Gasteiger charge is 2.22. The van der Waals surface area contributed by atoms with Crippen LogP contribution in [0.3, 0.4) is 0 Å². The summed E-state index contributed by atoms with van der Waals surface area (Å²) >= 11 is 3.34. The maximum Gasteiger partial charge on any atom is 0.262 e. The molecule has 0 spiro atoms. The van der Waals surface area contributed by atoms with Gasteiger partial charge in [0.2, 0.25) is 0 Å². The van der Waals surface area contributed by atoms with Crippen molar-refractivity contribution in [3.8, 4) is 5.75 Å². The molecule has 0 radical (unpaired) electrons. The van der Waals surface area contributed by atoms with E-state index in [4.69, 9.17) is 4.74 Å². The van der Waals surface area contributed by atoms with Crippen molar-refractivity contribution in [2.45, 2.75) is 12.8 Å². The van der Waals surface area contributed by atoms with E-state index in [0.717, 1.165) is 4.47 Å². The molecule has 0 aromatic heterocycles. The summed E-state index contributed by atoms with van der Waals surface area (Å²) in [6.07, 6.45) is 2.35. The Labute approximate surface area is 154 Å². The first-order valence-corrected chi connectivity index (χ1v) is 8.96. The molecule has 0 aliphatic heterocycles. The first-order chi connectivity index (χ1) is 12.1. The minimum Gasteiger partial charge on any atom is -0.483 e. The summed E-state index contributed by atoms with van der Waals surface area (Å²) in [6.45, 7) is 0.528. The average molecular weight is 403 g/mol. The van der Waals surface area contributed by atoms with Crippen molar-refractivity contribution in [3.05, 3.63) is 58.6 Å². The van der Waals surface area contributed by atoms with Crippen LogP contribution in [0.25, 0.3) is 0 Å². The molecule has 2 aromatic carbocycles. The highest BCUT2D eigenvalue weighted by Crippen LogP contribution is 2.28. The fourth-order valence-electron chi connectivity index (χ4n) is 2.31. The van der Waals surface area contributed by atoms with Crippen LogP contribution < -0.4 is 15.4 Å². The largest absolute Gasteiger partial charge is 0.483 e. The predicted octanol–water partition coefficient (Wildman–Crippen LogP) is 3.61. The van der Waals surface area contributed by atoms with Crippen LogP contribution in [0.15, 0.2) is 53.0 Å². The highest BCUT2D eigenvalue weighted by molar-refractivity contribution is 9.10. The summed E-state index contributed by atoms with van der Waals surface area (Å²) in [6, 6.07) is 14.2. The molecule has 2 aromatic rings. The summed E-state index contributed by atoms with van der Waals surface area (Å²) < 4.78 is 6.49. The third-order valence-corrected chi connectivity index (χ3v) is 4.40. The number of carbonyl (C=O) groups is 2. The number of benzene rings is 2. The molecule has 2 amide bonds. The number of ether oxygens (including phenoxy) is 1. The Bertz CT molecular complexity index is 758. The van der Waals surface area contributed by atoms with Crippen molar-refractivity contribution < 1.29 is 14.3 Å². The topological polar surface area (TPSA) is 67.4 Å². The number of amides is 2. The van der Waals surface area contributed by atoms with Crippen LogP contribution in [-0.4, -0.2) is 25.0 Å². The second-order valence-electron chi connectivity index (χ2n) is 5.99. The zero-order valence-corrected chi connectivity index (χ0v) is 15.2. The van der Waals surface area contributed by atoms with Crippen LogP contribution in [0.1, 0.15) is 23.2 Å². The van der Waals surface area contributed by atoms with E-state index in [2.05, 4.69) is 26.6 Å². The number of anilines is 1. The van der Waals surface area contributed by atoms with Crippen molar-refractivity contribution in [2.24, 2.45) is 5.92 Å². The van der Waals surface area contributed by atoms with Crippen molar-refractivity contribution in [1.29, 1.82) is 0 Å². The Morgan fingerprint density at radius 3 is 2.52 bits per heavy atom. The normalized spacial score (nSPS) is 13.2. The number of para-hydroxylation sites is 1. The van der Waals surface area contributed by atoms with Gasteiger partial charge >= 0.3 is 0 Å². The zero-order chi connectivity index (χ0) is 17.6. The van der Waals surface area contributed by atoms with Gasteiger partial charge in [-0.1, -0.05) is 28.1 Å². The SMILES string of the molecule is O=C(COc1ccccc1C(=O)NCC1CC1)Nc1ccc(Br)cc1. The number of hydrogen-bond acceptors (Lipinski definition) is 3. The molecule has 5 nitrogen and oxygen atoms in total. The monoisotopic (exact) mass is 402 g/mol. The number of carbonyl (C=O) groups excluding carboxylic acids is 2. The molecule has 0 bridgehead atoms. The van der Waals surface area contributed by atoms with Gasteiger partial charge in [0.05, 0.1) is 5.56 Å². The molecule has 1 aliphatic carbocycles. The lowest BCUT2D eigenvalue weighted by Crippen LogP contribution is -2.27. The zero-order valence-electron chi connectivity index (χ0n) is 13.6. The second kappa shape index (κ2) is 8.16. The maximum absolute atomic E-state index is 12.3. The minimum atomic E-state index is -0.282. The number of hydrogen-bond donors (Lipinski definition) is 2. The number of nitrogens with one attached hydrogen (secondary N) is 2. The van der Waals surface area contributed by atoms with Crippen LogP contribution in [0, 0.1) is 5.92 Å². The molecular weight excluding hydrogens is 384 g/mol. The third kappa shape index (κ3) is 5.32. The lowest BCUT2D eigenvalue weighted by Gasteiger charge is -2.12. The Kier molecular flexibility index (Phi) is 5.71. The quantitative estimate of drug-likeness (QED) is 0.743. The molecule has 1 aliphatic rings. The van der Waals surface area contributed by atoms with E-state index in [9.17, 15) is 9.59 Å². The summed E-state index contributed by atoms with van der Waals surface area (Å²) in [4.78, 5) is 24.3. The molecule has 0 saturated heterocycles. The molecular formula is C19H19BrN2O3. The molecule has 25 heavy (non-hydrogen) atoms. The molecule has 1 fully saturated rings. The lowest BCUT2D eigenvalue weighted by molar-refractivity contribution is -0.118. The van der Waals surface area contributed by atoms with E-state index in [1.54, 1.807) is 36.4 Å². The molecule has 0 heterocycles. The van der Waals surface area contributed by atoms with Crippen molar-refractivity contribution in [1.82, 2.24) is 5.32 Å². The number of halogens is 1. The van der Waals surface area contributed by atoms with Crippen LogP contribution in [0.5, 0.6) is 5.75 Å². The van der Waals surface area contributed by atoms with Gasteiger partial charge in [-0.2, -0.15) is 0 Å². The Morgan fingerprint density at radius 1 is 1.08 bits per heavy atom. The first-order valence-electron chi connectivity index (χ1n) is 8.17. The Morgan fingerprint density at radius 2 is 1.80 bits per heavy atom. The molecule has 0 unspecified atom stereocenters. The summed E-state index contributed by atoms with van der Waals surface area (Å²) in [7, 11) is 0. The molecule has 2 N–H and O–H groups in total. The molecule has 6 heteroatoms. The molecule has 3 rings (SSSR count). The fraction of sp³-hybridized carbons (Fsp3) is 0.263. The standard InChI is InChI=1S/C19H19BrN2O3/c20-14-7-9-15(10-8-14)22-18(23)12-25-17-4-2-1-3-16(17)19(24)21-11-13-5-6-13/h1-4,7-10,13H,5-6,11-12H2,(H,21,24)(H,22,23). The predicted molar refractivity (Wildman–Crippen MR) is 99.8 cm³/mol. The summed E-state index contributed by atoms with van der Waals surface area (Å²) in [5.74, 6) is 0.557. The smallest absolute Gasteiger partial charge is 0.262 e. The first kappa shape index (κ1) is 17.5. The van der Waals surface area contributed by atoms with Crippen molar-refractivity contribution in [2.75, 3.05) is 18.5 Å². The van der Waals surface area contributed by atoms with Crippen molar-refractivity contribution in [3.63, 3.8) is 0 Å². The number of rotatable bonds is 7. The van der Waals surface area contributed by atoms with Gasteiger partial charge in [-0.05, 0) is 55.2 Å². The van der Waals surface area contributed by atoms with Crippen LogP contribution in [0.4, 0.5) is 5.69 Å². The molecule has 1 saturated carbocycles. The van der Waals surface area contributed by atoms with Gasteiger partial charge < -0.3 is 15.4 Å². The van der Waals surface area contributed by atoms with E-state index >= 15 is 0 Å². The highest BCUT2D eigenvalue weighted by atomic mass is 79.9. The van der Waals surface area contributed by atoms with E-state index in [1.807, 2.05) is 12.1 Å². The van der Waals surface area contributed by atoms with Gasteiger partial charge in [-0.15, -0.1) is 0 Å². The minimum absolute atomic E-state index is 0.164. The lowest BCUT2D eigenvalue weighted by atomic mass is 10.2. The van der Waals surface area contributed by atoms with Gasteiger partial charge in [0.25, 0.3) is 11.8 Å². The molecule has 130 valence electrons. The molecule has 0 atom stereocenters. The van der Waals surface area contributed by atoms with E-state index in [1.165, 1.54) is 12.8 Å². The van der Waals surface area contributed by atoms with Gasteiger partial charge in [-0.25, -0.2) is 0 Å². The van der Waals surface area contributed by atoms with Gasteiger partial charge in [0, 0.05) is 16.7 Å². The van der Waals surface area contributed by atoms with E-state index in [-0.39, 0.29) is 18.4 Å². The van der Waals surface area contributed by atoms with Crippen LogP contribution in [0.2, 0.25) is 0 Å². The van der Waals surface area contributed by atoms with Crippen LogP contribution in [-0.2, 0) is 4.79 Å². The summed E-state index contributed by atoms with van der Waals surface area (Å²) in [5.41, 5.74) is 1.13. The Balaban J connectivity index is 1.55. The van der Waals surface area contributed by atoms with E-state index in [0.29, 0.717) is 29.5 Å². The van der Waals surface area contributed by atoms with Gasteiger partial charge in [0.1, 0.15) is 5.75 Å².